The van der Waals surface area contributed by atoms with Crippen LogP contribution in [0, 0.1) is 17.5 Å². The van der Waals surface area contributed by atoms with Crippen molar-refractivity contribution >= 4 is 17.6 Å². The zero-order valence-electron chi connectivity index (χ0n) is 7.97. The average Bonchev–Trinajstić information content (AvgIpc) is 2.17. The molecular weight excluding hydrogens is 227 g/mol. The van der Waals surface area contributed by atoms with Gasteiger partial charge in [-0.3, -0.25) is 4.79 Å². The van der Waals surface area contributed by atoms with Crippen LogP contribution in [0.1, 0.15) is 17.3 Å². The molecule has 1 amide bonds. The van der Waals surface area contributed by atoms with Gasteiger partial charge in [-0.15, -0.1) is 0 Å². The van der Waals surface area contributed by atoms with Gasteiger partial charge in [-0.1, -0.05) is 0 Å². The van der Waals surface area contributed by atoms with Crippen LogP contribution in [0.2, 0.25) is 0 Å². The third-order valence-corrected chi connectivity index (χ3v) is 1.69. The van der Waals surface area contributed by atoms with Gasteiger partial charge in [0.2, 0.25) is 5.91 Å². The number of carbonyl (C=O) groups is 2. The normalized spacial score (nSPS) is 10.0. The van der Waals surface area contributed by atoms with Crippen molar-refractivity contribution in [1.29, 1.82) is 0 Å². The topological polar surface area (TPSA) is 66.4 Å². The number of hydrogen-bond acceptors (Lipinski definition) is 2. The number of amides is 1. The molecule has 0 aromatic heterocycles. The fraction of sp³-hybridized carbons (Fsp3) is 0.111. The van der Waals surface area contributed by atoms with Gasteiger partial charge in [0.25, 0.3) is 0 Å². The summed E-state index contributed by atoms with van der Waals surface area (Å²) in [7, 11) is 0. The van der Waals surface area contributed by atoms with Crippen LogP contribution < -0.4 is 5.32 Å². The first-order valence-electron chi connectivity index (χ1n) is 4.03. The van der Waals surface area contributed by atoms with Crippen molar-refractivity contribution in [2.24, 2.45) is 0 Å². The van der Waals surface area contributed by atoms with Crippen LogP contribution in [0.3, 0.4) is 0 Å². The second-order valence-electron chi connectivity index (χ2n) is 2.90. The van der Waals surface area contributed by atoms with E-state index < -0.39 is 40.6 Å². The van der Waals surface area contributed by atoms with Crippen LogP contribution in [0.5, 0.6) is 0 Å². The van der Waals surface area contributed by atoms with E-state index in [1.54, 1.807) is 5.32 Å². The summed E-state index contributed by atoms with van der Waals surface area (Å²) in [6, 6.07) is 0.298. The molecule has 0 aliphatic heterocycles. The molecule has 16 heavy (non-hydrogen) atoms. The van der Waals surface area contributed by atoms with Crippen LogP contribution in [0.25, 0.3) is 0 Å². The SMILES string of the molecule is CC(=O)Nc1c(C(=O)O)cc(F)c(F)c1F. The molecule has 7 heteroatoms. The lowest BCUT2D eigenvalue weighted by Gasteiger charge is -2.08. The number of benzene rings is 1. The summed E-state index contributed by atoms with van der Waals surface area (Å²) in [5, 5.41) is 10.4. The molecule has 0 radical (unpaired) electrons. The van der Waals surface area contributed by atoms with Crippen LogP contribution in [0.4, 0.5) is 18.9 Å². The van der Waals surface area contributed by atoms with Crippen LogP contribution >= 0.6 is 0 Å². The maximum atomic E-state index is 13.2. The van der Waals surface area contributed by atoms with Gasteiger partial charge >= 0.3 is 5.97 Å². The molecule has 86 valence electrons. The maximum absolute atomic E-state index is 13.2. The number of carboxylic acids is 1. The highest BCUT2D eigenvalue weighted by atomic mass is 19.2. The fourth-order valence-electron chi connectivity index (χ4n) is 1.06. The van der Waals surface area contributed by atoms with E-state index >= 15 is 0 Å². The summed E-state index contributed by atoms with van der Waals surface area (Å²) in [6.07, 6.45) is 0. The molecule has 0 saturated heterocycles. The molecule has 0 aliphatic rings. The van der Waals surface area contributed by atoms with Gasteiger partial charge in [-0.2, -0.15) is 0 Å². The molecular formula is C9H6F3NO3. The lowest BCUT2D eigenvalue weighted by atomic mass is 10.1. The van der Waals surface area contributed by atoms with Gasteiger partial charge in [0, 0.05) is 6.92 Å². The van der Waals surface area contributed by atoms with Crippen molar-refractivity contribution in [3.63, 3.8) is 0 Å². The fourth-order valence-corrected chi connectivity index (χ4v) is 1.06. The number of halogens is 3. The van der Waals surface area contributed by atoms with E-state index in [0.717, 1.165) is 6.92 Å². The van der Waals surface area contributed by atoms with E-state index in [-0.39, 0.29) is 0 Å². The van der Waals surface area contributed by atoms with E-state index in [9.17, 15) is 22.8 Å². The van der Waals surface area contributed by atoms with E-state index in [4.69, 9.17) is 5.11 Å². The molecule has 0 aliphatic carbocycles. The van der Waals surface area contributed by atoms with E-state index in [0.29, 0.717) is 6.07 Å². The molecule has 1 rings (SSSR count). The van der Waals surface area contributed by atoms with Crippen molar-refractivity contribution in [2.75, 3.05) is 5.32 Å². The monoisotopic (exact) mass is 233 g/mol. The molecule has 0 atom stereocenters. The Hall–Kier alpha value is -2.05. The summed E-state index contributed by atoms with van der Waals surface area (Å²) >= 11 is 0. The van der Waals surface area contributed by atoms with Crippen molar-refractivity contribution < 1.29 is 27.9 Å². The molecule has 1 aromatic rings. The molecule has 0 fully saturated rings. The largest absolute Gasteiger partial charge is 0.478 e. The quantitative estimate of drug-likeness (QED) is 0.765. The first kappa shape index (κ1) is 12.0. The molecule has 0 heterocycles. The van der Waals surface area contributed by atoms with Crippen molar-refractivity contribution in [1.82, 2.24) is 0 Å². The van der Waals surface area contributed by atoms with Crippen LogP contribution in [-0.4, -0.2) is 17.0 Å². The summed E-state index contributed by atoms with van der Waals surface area (Å²) in [5.74, 6) is -7.70. The highest BCUT2D eigenvalue weighted by molar-refractivity contribution is 6.00. The van der Waals surface area contributed by atoms with Crippen LogP contribution in [-0.2, 0) is 4.79 Å². The first-order chi connectivity index (χ1) is 7.34. The number of hydrogen-bond donors (Lipinski definition) is 2. The number of carbonyl (C=O) groups excluding carboxylic acids is 1. The Morgan fingerprint density at radius 3 is 2.25 bits per heavy atom. The highest BCUT2D eigenvalue weighted by Crippen LogP contribution is 2.25. The number of aromatic carboxylic acids is 1. The smallest absolute Gasteiger partial charge is 0.338 e. The molecule has 0 unspecified atom stereocenters. The van der Waals surface area contributed by atoms with Gasteiger partial charge < -0.3 is 10.4 Å². The standard InChI is InChI=1S/C9H6F3NO3/c1-3(14)13-8-4(9(15)16)2-5(10)6(11)7(8)12/h2H,1H3,(H,13,14)(H,15,16). The zero-order chi connectivity index (χ0) is 12.5. The van der Waals surface area contributed by atoms with E-state index in [1.165, 1.54) is 0 Å². The predicted octanol–water partition coefficient (Wildman–Crippen LogP) is 1.76. The van der Waals surface area contributed by atoms with Crippen LogP contribution in [0.15, 0.2) is 6.07 Å². The minimum Gasteiger partial charge on any atom is -0.478 e. The second-order valence-corrected chi connectivity index (χ2v) is 2.90. The Labute approximate surface area is 87.7 Å². The second kappa shape index (κ2) is 4.21. The molecule has 0 bridgehead atoms. The Morgan fingerprint density at radius 1 is 1.25 bits per heavy atom. The summed E-state index contributed by atoms with van der Waals surface area (Å²) in [6.45, 7) is 0.979. The average molecular weight is 233 g/mol. The molecule has 0 saturated carbocycles. The number of nitrogens with one attached hydrogen (secondary N) is 1. The van der Waals surface area contributed by atoms with Gasteiger partial charge in [0.1, 0.15) is 0 Å². The van der Waals surface area contributed by atoms with Gasteiger partial charge in [-0.25, -0.2) is 18.0 Å². The Morgan fingerprint density at radius 2 is 1.81 bits per heavy atom. The third-order valence-electron chi connectivity index (χ3n) is 1.69. The van der Waals surface area contributed by atoms with E-state index in [2.05, 4.69) is 0 Å². The highest BCUT2D eigenvalue weighted by Gasteiger charge is 2.22. The summed E-state index contributed by atoms with van der Waals surface area (Å²) in [4.78, 5) is 21.3. The summed E-state index contributed by atoms with van der Waals surface area (Å²) in [5.41, 5.74) is -1.74. The number of carboxylic acid groups (broad SMARTS) is 1. The lowest BCUT2D eigenvalue weighted by Crippen LogP contribution is -2.14. The Balaban J connectivity index is 3.47. The van der Waals surface area contributed by atoms with Gasteiger partial charge in [0.15, 0.2) is 17.5 Å². The molecule has 2 N–H and O–H groups in total. The molecule has 0 spiro atoms. The molecule has 4 nitrogen and oxygen atoms in total. The van der Waals surface area contributed by atoms with Crippen molar-refractivity contribution in [3.05, 3.63) is 29.1 Å². The maximum Gasteiger partial charge on any atom is 0.338 e. The Bertz CT molecular complexity index is 474. The van der Waals surface area contributed by atoms with E-state index in [1.807, 2.05) is 0 Å². The van der Waals surface area contributed by atoms with Crippen molar-refractivity contribution in [2.45, 2.75) is 6.92 Å². The zero-order valence-corrected chi connectivity index (χ0v) is 7.97. The lowest BCUT2D eigenvalue weighted by molar-refractivity contribution is -0.114. The number of anilines is 1. The van der Waals surface area contributed by atoms with Crippen molar-refractivity contribution in [3.8, 4) is 0 Å². The predicted molar refractivity (Wildman–Crippen MR) is 47.6 cm³/mol. The first-order valence-corrected chi connectivity index (χ1v) is 4.03. The third kappa shape index (κ3) is 2.13. The minimum absolute atomic E-state index is 0.298. The van der Waals surface area contributed by atoms with Gasteiger partial charge in [0.05, 0.1) is 11.3 Å². The summed E-state index contributed by atoms with van der Waals surface area (Å²) < 4.78 is 38.7. The minimum atomic E-state index is -1.84. The van der Waals surface area contributed by atoms with Gasteiger partial charge in [-0.05, 0) is 6.07 Å². The number of rotatable bonds is 2. The Kier molecular flexibility index (Phi) is 3.17. The molecule has 1 aromatic carbocycles.